The number of pyridine rings is 1. The molecule has 0 saturated heterocycles. The van der Waals surface area contributed by atoms with Crippen LogP contribution >= 0.6 is 0 Å². The number of halogens is 3. The van der Waals surface area contributed by atoms with Crippen molar-refractivity contribution in [3.8, 4) is 0 Å². The number of nitrogens with two attached hydrogens (primary N) is 1. The van der Waals surface area contributed by atoms with Crippen molar-refractivity contribution in [1.82, 2.24) is 4.98 Å². The fraction of sp³-hybridized carbons (Fsp3) is 0.143. The Morgan fingerprint density at radius 2 is 1.90 bits per heavy atom. The molecule has 0 aliphatic carbocycles. The number of nitrogen functional groups attached to an aromatic ring is 1. The van der Waals surface area contributed by atoms with Crippen LogP contribution in [-0.4, -0.2) is 10.9 Å². The normalized spacial score (nSPS) is 11.2. The summed E-state index contributed by atoms with van der Waals surface area (Å²) < 4.78 is 38.5. The van der Waals surface area contributed by atoms with Crippen molar-refractivity contribution in [3.63, 3.8) is 0 Å². The van der Waals surface area contributed by atoms with Crippen molar-refractivity contribution in [1.29, 1.82) is 0 Å². The van der Waals surface area contributed by atoms with Gasteiger partial charge in [0.1, 0.15) is 5.82 Å². The summed E-state index contributed by atoms with van der Waals surface area (Å²) in [6.07, 6.45) is -4.54. The number of amides is 1. The maximum atomic E-state index is 12.8. The van der Waals surface area contributed by atoms with Gasteiger partial charge in [-0.1, -0.05) is 12.1 Å². The van der Waals surface area contributed by atoms with Gasteiger partial charge in [0.05, 0.1) is 11.3 Å². The van der Waals surface area contributed by atoms with Gasteiger partial charge in [0.25, 0.3) is 5.91 Å². The first-order valence-corrected chi connectivity index (χ1v) is 5.99. The molecule has 1 aromatic heterocycles. The molecule has 110 valence electrons. The van der Waals surface area contributed by atoms with Gasteiger partial charge in [-0.15, -0.1) is 0 Å². The molecule has 0 bridgehead atoms. The lowest BCUT2D eigenvalue weighted by Gasteiger charge is -2.13. The Bertz CT molecular complexity index is 663. The number of carbonyl (C=O) groups is 1. The van der Waals surface area contributed by atoms with E-state index in [0.29, 0.717) is 5.69 Å². The van der Waals surface area contributed by atoms with Gasteiger partial charge < -0.3 is 11.1 Å². The molecule has 3 N–H and O–H groups in total. The van der Waals surface area contributed by atoms with Crippen LogP contribution in [0.4, 0.5) is 24.7 Å². The Balaban J connectivity index is 2.32. The SMILES string of the molecule is Cc1cc(C(=O)Nc2ccccc2C(F)(F)F)cc(N)n1. The zero-order chi connectivity index (χ0) is 15.6. The van der Waals surface area contributed by atoms with Crippen molar-refractivity contribution in [2.45, 2.75) is 13.1 Å². The van der Waals surface area contributed by atoms with E-state index in [-0.39, 0.29) is 17.1 Å². The minimum Gasteiger partial charge on any atom is -0.384 e. The molecule has 1 heterocycles. The molecule has 0 unspecified atom stereocenters. The molecule has 21 heavy (non-hydrogen) atoms. The third-order valence-corrected chi connectivity index (χ3v) is 2.72. The Labute approximate surface area is 118 Å². The monoisotopic (exact) mass is 295 g/mol. The molecule has 4 nitrogen and oxygen atoms in total. The van der Waals surface area contributed by atoms with Gasteiger partial charge in [-0.05, 0) is 31.2 Å². The summed E-state index contributed by atoms with van der Waals surface area (Å²) in [5, 5.41) is 2.25. The number of nitrogens with one attached hydrogen (secondary N) is 1. The molecule has 0 saturated carbocycles. The van der Waals surface area contributed by atoms with Crippen molar-refractivity contribution < 1.29 is 18.0 Å². The fourth-order valence-corrected chi connectivity index (χ4v) is 1.86. The van der Waals surface area contributed by atoms with E-state index in [0.717, 1.165) is 6.07 Å². The van der Waals surface area contributed by atoms with E-state index in [1.54, 1.807) is 6.92 Å². The van der Waals surface area contributed by atoms with Crippen LogP contribution in [0.15, 0.2) is 36.4 Å². The molecule has 1 aromatic carbocycles. The molecule has 7 heteroatoms. The molecule has 0 spiro atoms. The number of hydrogen-bond acceptors (Lipinski definition) is 3. The number of aryl methyl sites for hydroxylation is 1. The summed E-state index contributed by atoms with van der Waals surface area (Å²) in [5.41, 5.74) is 4.96. The molecule has 2 aromatic rings. The highest BCUT2D eigenvalue weighted by Crippen LogP contribution is 2.34. The average Bonchev–Trinajstić information content (AvgIpc) is 2.37. The smallest absolute Gasteiger partial charge is 0.384 e. The number of para-hydroxylation sites is 1. The van der Waals surface area contributed by atoms with Crippen LogP contribution in [-0.2, 0) is 6.18 Å². The zero-order valence-corrected chi connectivity index (χ0v) is 11.0. The molecule has 0 aliphatic heterocycles. The van der Waals surface area contributed by atoms with Crippen molar-refractivity contribution in [3.05, 3.63) is 53.2 Å². The lowest BCUT2D eigenvalue weighted by atomic mass is 10.1. The van der Waals surface area contributed by atoms with Gasteiger partial charge in [0.15, 0.2) is 0 Å². The molecule has 2 rings (SSSR count). The number of benzene rings is 1. The zero-order valence-electron chi connectivity index (χ0n) is 11.0. The molecular formula is C14H12F3N3O. The highest BCUT2D eigenvalue weighted by atomic mass is 19.4. The third-order valence-electron chi connectivity index (χ3n) is 2.72. The quantitative estimate of drug-likeness (QED) is 0.893. The first kappa shape index (κ1) is 14.8. The van der Waals surface area contributed by atoms with E-state index in [1.807, 2.05) is 0 Å². The summed E-state index contributed by atoms with van der Waals surface area (Å²) in [4.78, 5) is 15.9. The second-order valence-corrected chi connectivity index (χ2v) is 4.42. The highest BCUT2D eigenvalue weighted by molar-refractivity contribution is 6.05. The maximum Gasteiger partial charge on any atom is 0.418 e. The standard InChI is InChI=1S/C14H12F3N3O/c1-8-6-9(7-12(18)19-8)13(21)20-11-5-3-2-4-10(11)14(15,16)17/h2-7H,1H3,(H2,18,19)(H,20,21). The Hall–Kier alpha value is -2.57. The molecule has 1 amide bonds. The number of alkyl halides is 3. The van der Waals surface area contributed by atoms with Gasteiger partial charge in [-0.25, -0.2) is 4.98 Å². The number of nitrogens with zero attached hydrogens (tertiary/aromatic N) is 1. The van der Waals surface area contributed by atoms with E-state index >= 15 is 0 Å². The van der Waals surface area contributed by atoms with Crippen LogP contribution < -0.4 is 11.1 Å². The van der Waals surface area contributed by atoms with Crippen LogP contribution in [0, 0.1) is 6.92 Å². The minimum absolute atomic E-state index is 0.129. The summed E-state index contributed by atoms with van der Waals surface area (Å²) in [6.45, 7) is 1.64. The predicted molar refractivity (Wildman–Crippen MR) is 72.8 cm³/mol. The predicted octanol–water partition coefficient (Wildman–Crippen LogP) is 3.24. The lowest BCUT2D eigenvalue weighted by Crippen LogP contribution is -2.17. The number of aromatic nitrogens is 1. The number of anilines is 2. The van der Waals surface area contributed by atoms with Crippen LogP contribution in [0.1, 0.15) is 21.6 Å². The van der Waals surface area contributed by atoms with Crippen molar-refractivity contribution >= 4 is 17.4 Å². The minimum atomic E-state index is -4.54. The first-order valence-electron chi connectivity index (χ1n) is 5.99. The van der Waals surface area contributed by atoms with Crippen LogP contribution in [0.3, 0.4) is 0 Å². The van der Waals surface area contributed by atoms with E-state index < -0.39 is 17.6 Å². The van der Waals surface area contributed by atoms with E-state index in [9.17, 15) is 18.0 Å². The maximum absolute atomic E-state index is 12.8. The van der Waals surface area contributed by atoms with Crippen LogP contribution in [0.25, 0.3) is 0 Å². The van der Waals surface area contributed by atoms with Crippen molar-refractivity contribution in [2.24, 2.45) is 0 Å². The van der Waals surface area contributed by atoms with Crippen molar-refractivity contribution in [2.75, 3.05) is 11.1 Å². The van der Waals surface area contributed by atoms with Gasteiger partial charge in [0, 0.05) is 11.3 Å². The molecule has 0 atom stereocenters. The second kappa shape index (κ2) is 5.43. The summed E-state index contributed by atoms with van der Waals surface area (Å²) >= 11 is 0. The van der Waals surface area contributed by atoms with Gasteiger partial charge in [-0.3, -0.25) is 4.79 Å². The van der Waals surface area contributed by atoms with Crippen LogP contribution in [0.2, 0.25) is 0 Å². The first-order chi connectivity index (χ1) is 9.77. The molecule has 0 aliphatic rings. The van der Waals surface area contributed by atoms with E-state index in [2.05, 4.69) is 10.3 Å². The molecular weight excluding hydrogens is 283 g/mol. The molecule has 0 radical (unpaired) electrons. The fourth-order valence-electron chi connectivity index (χ4n) is 1.86. The Morgan fingerprint density at radius 1 is 1.24 bits per heavy atom. The molecule has 0 fully saturated rings. The van der Waals surface area contributed by atoms with E-state index in [4.69, 9.17) is 5.73 Å². The number of hydrogen-bond donors (Lipinski definition) is 2. The largest absolute Gasteiger partial charge is 0.418 e. The number of carbonyl (C=O) groups excluding carboxylic acids is 1. The van der Waals surface area contributed by atoms with Crippen LogP contribution in [0.5, 0.6) is 0 Å². The van der Waals surface area contributed by atoms with Gasteiger partial charge >= 0.3 is 6.18 Å². The Kier molecular flexibility index (Phi) is 3.84. The van der Waals surface area contributed by atoms with Gasteiger partial charge in [-0.2, -0.15) is 13.2 Å². The second-order valence-electron chi connectivity index (χ2n) is 4.42. The summed E-state index contributed by atoms with van der Waals surface area (Å²) in [6, 6.07) is 7.52. The Morgan fingerprint density at radius 3 is 2.52 bits per heavy atom. The average molecular weight is 295 g/mol. The highest BCUT2D eigenvalue weighted by Gasteiger charge is 2.33. The third kappa shape index (κ3) is 3.50. The topological polar surface area (TPSA) is 68.0 Å². The lowest BCUT2D eigenvalue weighted by molar-refractivity contribution is -0.136. The summed E-state index contributed by atoms with van der Waals surface area (Å²) in [5.74, 6) is -0.548. The summed E-state index contributed by atoms with van der Waals surface area (Å²) in [7, 11) is 0. The number of rotatable bonds is 2. The van der Waals surface area contributed by atoms with E-state index in [1.165, 1.54) is 30.3 Å². The van der Waals surface area contributed by atoms with Gasteiger partial charge in [0.2, 0.25) is 0 Å².